The number of hydrogen-bond acceptors (Lipinski definition) is 8. The highest BCUT2D eigenvalue weighted by molar-refractivity contribution is 6.01. The van der Waals surface area contributed by atoms with Crippen LogP contribution in [0.25, 0.3) is 11.4 Å². The molecule has 3 unspecified atom stereocenters. The smallest absolute Gasteiger partial charge is 0.244 e. The molecule has 10 heteroatoms. The number of anilines is 1. The number of aromatic nitrogens is 4. The lowest BCUT2D eigenvalue weighted by Gasteiger charge is -2.36. The number of amides is 1. The molecule has 3 N–H and O–H groups in total. The van der Waals surface area contributed by atoms with Gasteiger partial charge in [-0.05, 0) is 48.7 Å². The highest BCUT2D eigenvalue weighted by Gasteiger charge is 2.50. The van der Waals surface area contributed by atoms with Crippen LogP contribution < -0.4 is 10.6 Å². The fourth-order valence-corrected chi connectivity index (χ4v) is 5.07. The molecule has 2 bridgehead atoms. The molecule has 3 aliphatic rings. The number of rotatable bonds is 6. The summed E-state index contributed by atoms with van der Waals surface area (Å²) in [5.41, 5.74) is 8.97. The highest BCUT2D eigenvalue weighted by Crippen LogP contribution is 2.36. The van der Waals surface area contributed by atoms with Crippen molar-refractivity contribution in [3.05, 3.63) is 36.5 Å². The van der Waals surface area contributed by atoms with E-state index in [4.69, 9.17) is 5.73 Å². The lowest BCUT2D eigenvalue weighted by molar-refractivity contribution is -0.122. The maximum absolute atomic E-state index is 13.1. The summed E-state index contributed by atoms with van der Waals surface area (Å²) in [7, 11) is 0. The molecule has 1 amide bonds. The minimum Gasteiger partial charge on any atom is -0.358 e. The fourth-order valence-electron chi connectivity index (χ4n) is 5.07. The number of benzene rings is 1. The molecule has 0 spiro atoms. The lowest BCUT2D eigenvalue weighted by atomic mass is 10.1. The Bertz CT molecular complexity index is 1010. The van der Waals surface area contributed by atoms with Crippen molar-refractivity contribution in [2.45, 2.75) is 43.4 Å². The predicted molar refractivity (Wildman–Crippen MR) is 113 cm³/mol. The van der Waals surface area contributed by atoms with Crippen LogP contribution in [0.4, 0.5) is 5.69 Å². The molecular weight excluding hydrogens is 394 g/mol. The van der Waals surface area contributed by atoms with Gasteiger partial charge in [-0.3, -0.25) is 9.69 Å². The predicted octanol–water partition coefficient (Wildman–Crippen LogP) is 0.485. The van der Waals surface area contributed by atoms with Crippen LogP contribution in [-0.4, -0.2) is 80.1 Å². The van der Waals surface area contributed by atoms with Crippen molar-refractivity contribution in [2.75, 3.05) is 24.5 Å². The van der Waals surface area contributed by atoms with Gasteiger partial charge in [0.15, 0.2) is 0 Å². The zero-order valence-corrected chi connectivity index (χ0v) is 17.2. The number of nitriles is 1. The summed E-state index contributed by atoms with van der Waals surface area (Å²) >= 11 is 0. The van der Waals surface area contributed by atoms with Crippen LogP contribution in [0.3, 0.4) is 0 Å². The van der Waals surface area contributed by atoms with Crippen LogP contribution >= 0.6 is 0 Å². The number of fused-ring (bicyclic) bond motifs is 2. The van der Waals surface area contributed by atoms with E-state index in [0.717, 1.165) is 49.3 Å². The Labute approximate surface area is 180 Å². The first-order valence-corrected chi connectivity index (χ1v) is 10.6. The quantitative estimate of drug-likeness (QED) is 0.691. The number of tetrazole rings is 1. The van der Waals surface area contributed by atoms with Gasteiger partial charge < -0.3 is 15.5 Å². The molecule has 3 aliphatic heterocycles. The monoisotopic (exact) mass is 419 g/mol. The molecule has 10 nitrogen and oxygen atoms in total. The van der Waals surface area contributed by atoms with Gasteiger partial charge in [-0.1, -0.05) is 6.58 Å². The molecule has 1 aromatic heterocycles. The first-order valence-electron chi connectivity index (χ1n) is 10.6. The average Bonchev–Trinajstić information content (AvgIpc) is 3.57. The number of likely N-dealkylation sites (tertiary alicyclic amines) is 2. The van der Waals surface area contributed by atoms with Crippen molar-refractivity contribution >= 4 is 11.6 Å². The van der Waals surface area contributed by atoms with Crippen LogP contribution in [0.5, 0.6) is 0 Å². The van der Waals surface area contributed by atoms with E-state index in [2.05, 4.69) is 38.2 Å². The summed E-state index contributed by atoms with van der Waals surface area (Å²) in [6.07, 6.45) is 2.64. The summed E-state index contributed by atoms with van der Waals surface area (Å²) in [5, 5.41) is 23.3. The summed E-state index contributed by atoms with van der Waals surface area (Å²) in [6.45, 7) is 6.34. The molecule has 0 radical (unpaired) electrons. The number of nitrogens with two attached hydrogens (primary N) is 1. The van der Waals surface area contributed by atoms with Gasteiger partial charge in [-0.15, -0.1) is 10.2 Å². The van der Waals surface area contributed by atoms with E-state index >= 15 is 0 Å². The van der Waals surface area contributed by atoms with Gasteiger partial charge in [0.25, 0.3) is 0 Å². The van der Waals surface area contributed by atoms with Crippen LogP contribution in [0, 0.1) is 11.3 Å². The van der Waals surface area contributed by atoms with Crippen molar-refractivity contribution in [3.8, 4) is 17.5 Å². The van der Waals surface area contributed by atoms with E-state index in [1.807, 2.05) is 34.1 Å². The van der Waals surface area contributed by atoms with E-state index in [1.165, 1.54) is 0 Å². The van der Waals surface area contributed by atoms with Gasteiger partial charge in [-0.25, -0.2) is 0 Å². The van der Waals surface area contributed by atoms with Crippen molar-refractivity contribution in [1.29, 1.82) is 5.26 Å². The van der Waals surface area contributed by atoms with E-state index in [-0.39, 0.29) is 30.1 Å². The minimum absolute atomic E-state index is 0.109. The Kier molecular flexibility index (Phi) is 4.92. The second kappa shape index (κ2) is 7.76. The van der Waals surface area contributed by atoms with E-state index < -0.39 is 0 Å². The zero-order valence-electron chi connectivity index (χ0n) is 17.2. The molecule has 4 heterocycles. The molecule has 3 fully saturated rings. The number of carbonyl (C=O) groups is 1. The molecular formula is C21H25N9O. The largest absolute Gasteiger partial charge is 0.358 e. The highest BCUT2D eigenvalue weighted by atomic mass is 16.2. The second-order valence-electron chi connectivity index (χ2n) is 8.43. The van der Waals surface area contributed by atoms with Crippen LogP contribution in [0.2, 0.25) is 0 Å². The van der Waals surface area contributed by atoms with Gasteiger partial charge in [0.05, 0.1) is 24.2 Å². The lowest BCUT2D eigenvalue weighted by Crippen LogP contribution is -2.54. The number of hydrogen-bond donors (Lipinski definition) is 2. The van der Waals surface area contributed by atoms with Crippen molar-refractivity contribution in [2.24, 2.45) is 5.73 Å². The average molecular weight is 419 g/mol. The topological polar surface area (TPSA) is 131 Å². The van der Waals surface area contributed by atoms with Crippen molar-refractivity contribution < 1.29 is 4.79 Å². The van der Waals surface area contributed by atoms with Crippen LogP contribution in [0.15, 0.2) is 36.5 Å². The fraction of sp³-hybridized carbons (Fsp3) is 0.476. The molecule has 31 heavy (non-hydrogen) atoms. The normalized spacial score (nSPS) is 26.5. The molecule has 1 aromatic carbocycles. The first-order chi connectivity index (χ1) is 15.1. The Morgan fingerprint density at radius 3 is 2.87 bits per heavy atom. The van der Waals surface area contributed by atoms with Crippen molar-refractivity contribution in [1.82, 2.24) is 30.4 Å². The van der Waals surface area contributed by atoms with Gasteiger partial charge in [0.1, 0.15) is 6.04 Å². The van der Waals surface area contributed by atoms with Crippen molar-refractivity contribution in [3.63, 3.8) is 0 Å². The number of piperazine rings is 1. The minimum atomic E-state index is -0.288. The standard InChI is InChI=1S/C21H25N9O/c1-13(29-8-2-3-16(29)10-22)18(23)12-28-11-17-9-19(28)21(31)30(17)15-6-4-14(5-7-15)20-24-26-27-25-20/h4-7,16-19H,1-3,8-9,11-12,23H2,(H,24,25,26,27)/t16?,17?,18-,19?/m0/s1. The third kappa shape index (κ3) is 3.36. The number of aromatic amines is 1. The maximum Gasteiger partial charge on any atom is 0.244 e. The zero-order chi connectivity index (χ0) is 21.5. The molecule has 4 atom stereocenters. The summed E-state index contributed by atoms with van der Waals surface area (Å²) in [5.74, 6) is 0.635. The molecule has 2 aromatic rings. The summed E-state index contributed by atoms with van der Waals surface area (Å²) in [6, 6.07) is 9.54. The number of nitrogens with one attached hydrogen (secondary N) is 1. The molecule has 160 valence electrons. The van der Waals surface area contributed by atoms with Crippen LogP contribution in [0.1, 0.15) is 19.3 Å². The van der Waals surface area contributed by atoms with E-state index in [0.29, 0.717) is 12.4 Å². The third-order valence-electron chi connectivity index (χ3n) is 6.65. The van der Waals surface area contributed by atoms with Gasteiger partial charge in [-0.2, -0.15) is 10.5 Å². The van der Waals surface area contributed by atoms with E-state index in [9.17, 15) is 10.1 Å². The third-order valence-corrected chi connectivity index (χ3v) is 6.65. The number of nitrogens with zero attached hydrogens (tertiary/aromatic N) is 7. The first kappa shape index (κ1) is 19.7. The SMILES string of the molecule is C=C([C@@H](N)CN1CC2CC1C(=O)N2c1ccc(-c2nn[nH]n2)cc1)N1CCCC1C#N. The van der Waals surface area contributed by atoms with Gasteiger partial charge in [0, 0.05) is 36.6 Å². The molecule has 5 rings (SSSR count). The molecule has 0 aliphatic carbocycles. The van der Waals surface area contributed by atoms with E-state index in [1.54, 1.807) is 0 Å². The van der Waals surface area contributed by atoms with Crippen LogP contribution in [-0.2, 0) is 4.79 Å². The van der Waals surface area contributed by atoms with Gasteiger partial charge in [0.2, 0.25) is 11.7 Å². The summed E-state index contributed by atoms with van der Waals surface area (Å²) < 4.78 is 0. The number of carbonyl (C=O) groups excluding carboxylic acids is 1. The Morgan fingerprint density at radius 2 is 2.19 bits per heavy atom. The Morgan fingerprint density at radius 1 is 1.39 bits per heavy atom. The number of H-pyrrole nitrogens is 1. The Balaban J connectivity index is 1.23. The molecule has 0 saturated carbocycles. The molecule has 3 saturated heterocycles. The second-order valence-corrected chi connectivity index (χ2v) is 8.43. The maximum atomic E-state index is 13.1. The van der Waals surface area contributed by atoms with Gasteiger partial charge >= 0.3 is 0 Å². The summed E-state index contributed by atoms with van der Waals surface area (Å²) in [4.78, 5) is 19.2. The Hall–Kier alpha value is -3.29.